The van der Waals surface area contributed by atoms with Crippen LogP contribution in [0.25, 0.3) is 5.82 Å². The summed E-state index contributed by atoms with van der Waals surface area (Å²) in [6, 6.07) is 4.04. The third-order valence-electron chi connectivity index (χ3n) is 4.19. The third-order valence-corrected chi connectivity index (χ3v) is 4.19. The molecule has 2 aromatic heterocycles. The topological polar surface area (TPSA) is 72.1 Å². The molecule has 0 bridgehead atoms. The van der Waals surface area contributed by atoms with Crippen molar-refractivity contribution in [3.05, 3.63) is 34.8 Å². The maximum absolute atomic E-state index is 12.5. The number of rotatable bonds is 3. The first-order chi connectivity index (χ1) is 10.6. The summed E-state index contributed by atoms with van der Waals surface area (Å²) in [4.78, 5) is 12.5. The van der Waals surface area contributed by atoms with E-state index in [1.165, 1.54) is 0 Å². The van der Waals surface area contributed by atoms with E-state index < -0.39 is 0 Å². The molecule has 118 valence electrons. The quantitative estimate of drug-likeness (QED) is 0.908. The molecule has 0 radical (unpaired) electrons. The highest BCUT2D eigenvalue weighted by Gasteiger charge is 2.21. The van der Waals surface area contributed by atoms with E-state index in [1.54, 1.807) is 0 Å². The largest absolute Gasteiger partial charge is 0.360 e. The van der Waals surface area contributed by atoms with Gasteiger partial charge in [-0.15, -0.1) is 0 Å². The molecule has 1 amide bonds. The highest BCUT2D eigenvalue weighted by molar-refractivity contribution is 5.96. The SMILES string of the molecule is Cc1cc(-n2c(C)cc(C(=O)NC3CCNCC3)c2C)no1. The van der Waals surface area contributed by atoms with Gasteiger partial charge in [0.25, 0.3) is 5.91 Å². The highest BCUT2D eigenvalue weighted by Crippen LogP contribution is 2.21. The first-order valence-electron chi connectivity index (χ1n) is 7.70. The first-order valence-corrected chi connectivity index (χ1v) is 7.70. The maximum atomic E-state index is 12.5. The number of amides is 1. The number of nitrogens with one attached hydrogen (secondary N) is 2. The van der Waals surface area contributed by atoms with E-state index in [4.69, 9.17) is 4.52 Å². The van der Waals surface area contributed by atoms with E-state index in [0.29, 0.717) is 11.4 Å². The molecule has 1 aliphatic rings. The minimum atomic E-state index is -0.00790. The lowest BCUT2D eigenvalue weighted by Gasteiger charge is -2.23. The Morgan fingerprint density at radius 1 is 1.32 bits per heavy atom. The summed E-state index contributed by atoms with van der Waals surface area (Å²) >= 11 is 0. The van der Waals surface area contributed by atoms with Gasteiger partial charge in [-0.3, -0.25) is 9.36 Å². The Balaban J connectivity index is 1.84. The van der Waals surface area contributed by atoms with Gasteiger partial charge in [0.1, 0.15) is 5.76 Å². The second kappa shape index (κ2) is 5.96. The lowest BCUT2D eigenvalue weighted by atomic mass is 10.1. The molecule has 0 atom stereocenters. The van der Waals surface area contributed by atoms with Gasteiger partial charge in [0.05, 0.1) is 5.56 Å². The summed E-state index contributed by atoms with van der Waals surface area (Å²) in [7, 11) is 0. The van der Waals surface area contributed by atoms with Gasteiger partial charge in [0.15, 0.2) is 5.82 Å². The zero-order valence-electron chi connectivity index (χ0n) is 13.3. The van der Waals surface area contributed by atoms with Gasteiger partial charge in [0.2, 0.25) is 0 Å². The van der Waals surface area contributed by atoms with Crippen molar-refractivity contribution < 1.29 is 9.32 Å². The molecule has 6 heteroatoms. The summed E-state index contributed by atoms with van der Waals surface area (Å²) < 4.78 is 7.09. The van der Waals surface area contributed by atoms with Crippen LogP contribution in [0.2, 0.25) is 0 Å². The Bertz CT molecular complexity index is 680. The van der Waals surface area contributed by atoms with Gasteiger partial charge in [0, 0.05) is 23.5 Å². The van der Waals surface area contributed by atoms with E-state index in [9.17, 15) is 4.79 Å². The Morgan fingerprint density at radius 2 is 2.05 bits per heavy atom. The van der Waals surface area contributed by atoms with Crippen molar-refractivity contribution in [3.8, 4) is 5.82 Å². The lowest BCUT2D eigenvalue weighted by molar-refractivity contribution is 0.0929. The number of piperidine rings is 1. The maximum Gasteiger partial charge on any atom is 0.253 e. The molecule has 0 spiro atoms. The fourth-order valence-corrected chi connectivity index (χ4v) is 3.03. The molecule has 2 aromatic rings. The molecule has 3 heterocycles. The summed E-state index contributed by atoms with van der Waals surface area (Å²) in [6.45, 7) is 7.69. The van der Waals surface area contributed by atoms with E-state index in [-0.39, 0.29) is 11.9 Å². The predicted octanol–water partition coefficient (Wildman–Crippen LogP) is 1.87. The van der Waals surface area contributed by atoms with Crippen LogP contribution in [0, 0.1) is 20.8 Å². The number of hydrogen-bond donors (Lipinski definition) is 2. The summed E-state index contributed by atoms with van der Waals surface area (Å²) in [6.07, 6.45) is 1.96. The van der Waals surface area contributed by atoms with Crippen LogP contribution in [-0.4, -0.2) is 34.8 Å². The lowest BCUT2D eigenvalue weighted by Crippen LogP contribution is -2.42. The van der Waals surface area contributed by atoms with Crippen LogP contribution in [0.4, 0.5) is 0 Å². The third kappa shape index (κ3) is 2.78. The summed E-state index contributed by atoms with van der Waals surface area (Å²) in [5.41, 5.74) is 2.56. The van der Waals surface area contributed by atoms with Crippen LogP contribution in [-0.2, 0) is 0 Å². The van der Waals surface area contributed by atoms with Crippen molar-refractivity contribution in [1.29, 1.82) is 0 Å². The smallest absolute Gasteiger partial charge is 0.253 e. The van der Waals surface area contributed by atoms with E-state index in [0.717, 1.165) is 43.1 Å². The van der Waals surface area contributed by atoms with Crippen molar-refractivity contribution in [2.24, 2.45) is 0 Å². The molecular formula is C16H22N4O2. The van der Waals surface area contributed by atoms with Gasteiger partial charge in [-0.2, -0.15) is 0 Å². The van der Waals surface area contributed by atoms with Crippen LogP contribution < -0.4 is 10.6 Å². The number of carbonyl (C=O) groups excluding carboxylic acids is 1. The molecule has 0 unspecified atom stereocenters. The average Bonchev–Trinajstić information content (AvgIpc) is 3.03. The van der Waals surface area contributed by atoms with Crippen LogP contribution in [0.15, 0.2) is 16.7 Å². The minimum absolute atomic E-state index is 0.00790. The molecule has 1 aliphatic heterocycles. The van der Waals surface area contributed by atoms with Crippen molar-refractivity contribution in [1.82, 2.24) is 20.4 Å². The van der Waals surface area contributed by atoms with Gasteiger partial charge >= 0.3 is 0 Å². The molecule has 1 fully saturated rings. The van der Waals surface area contributed by atoms with Crippen LogP contribution in [0.5, 0.6) is 0 Å². The summed E-state index contributed by atoms with van der Waals surface area (Å²) in [5.74, 6) is 1.46. The molecule has 3 rings (SSSR count). The molecule has 0 aromatic carbocycles. The fourth-order valence-electron chi connectivity index (χ4n) is 3.03. The second-order valence-corrected chi connectivity index (χ2v) is 5.91. The number of hydrogen-bond acceptors (Lipinski definition) is 4. The van der Waals surface area contributed by atoms with E-state index in [2.05, 4.69) is 15.8 Å². The predicted molar refractivity (Wildman–Crippen MR) is 83.4 cm³/mol. The fraction of sp³-hybridized carbons (Fsp3) is 0.500. The molecule has 22 heavy (non-hydrogen) atoms. The molecule has 0 saturated carbocycles. The number of nitrogens with zero attached hydrogens (tertiary/aromatic N) is 2. The van der Waals surface area contributed by atoms with Gasteiger partial charge in [-0.25, -0.2) is 0 Å². The molecule has 2 N–H and O–H groups in total. The zero-order chi connectivity index (χ0) is 15.7. The normalized spacial score (nSPS) is 16.0. The number of aromatic nitrogens is 2. The number of carbonyl (C=O) groups is 1. The van der Waals surface area contributed by atoms with Crippen LogP contribution >= 0.6 is 0 Å². The van der Waals surface area contributed by atoms with Crippen LogP contribution in [0.1, 0.15) is 40.3 Å². The van der Waals surface area contributed by atoms with Gasteiger partial charge in [-0.1, -0.05) is 5.16 Å². The van der Waals surface area contributed by atoms with Crippen molar-refractivity contribution in [2.45, 2.75) is 39.7 Å². The molecule has 6 nitrogen and oxygen atoms in total. The Morgan fingerprint density at radius 3 is 2.68 bits per heavy atom. The monoisotopic (exact) mass is 302 g/mol. The highest BCUT2D eigenvalue weighted by atomic mass is 16.5. The van der Waals surface area contributed by atoms with Crippen LogP contribution in [0.3, 0.4) is 0 Å². The Labute approximate surface area is 129 Å². The van der Waals surface area contributed by atoms with E-state index in [1.807, 2.05) is 37.5 Å². The first kappa shape index (κ1) is 14.8. The van der Waals surface area contributed by atoms with Crippen molar-refractivity contribution in [3.63, 3.8) is 0 Å². The minimum Gasteiger partial charge on any atom is -0.360 e. The van der Waals surface area contributed by atoms with Gasteiger partial charge in [-0.05, 0) is 52.8 Å². The molecule has 1 saturated heterocycles. The average molecular weight is 302 g/mol. The van der Waals surface area contributed by atoms with E-state index >= 15 is 0 Å². The standard InChI is InChI=1S/C16H22N4O2/c1-10-8-14(16(21)18-13-4-6-17-7-5-13)12(3)20(10)15-9-11(2)22-19-15/h8-9,13,17H,4-7H2,1-3H3,(H,18,21). The second-order valence-electron chi connectivity index (χ2n) is 5.91. The van der Waals surface area contributed by atoms with Crippen molar-refractivity contribution >= 4 is 5.91 Å². The molecule has 0 aliphatic carbocycles. The summed E-state index contributed by atoms with van der Waals surface area (Å²) in [5, 5.41) is 10.5. The molecular weight excluding hydrogens is 280 g/mol. The van der Waals surface area contributed by atoms with Crippen molar-refractivity contribution in [2.75, 3.05) is 13.1 Å². The Hall–Kier alpha value is -2.08. The zero-order valence-corrected chi connectivity index (χ0v) is 13.3. The van der Waals surface area contributed by atoms with Gasteiger partial charge < -0.3 is 15.2 Å². The number of aryl methyl sites for hydroxylation is 2. The Kier molecular flexibility index (Phi) is 4.02.